The number of aromatic carboxylic acids is 1. The zero-order valence-corrected chi connectivity index (χ0v) is 12.4. The van der Waals surface area contributed by atoms with E-state index >= 15 is 0 Å². The highest BCUT2D eigenvalue weighted by Crippen LogP contribution is 2.29. The SMILES string of the molecule is O=C(O)c1ccc(-c2ncc(-c3ccc(OC(F)(F)F)cc3)o2)cc1. The molecule has 128 valence electrons. The lowest BCUT2D eigenvalue weighted by Gasteiger charge is -2.08. The molecule has 0 aliphatic carbocycles. The van der Waals surface area contributed by atoms with Gasteiger partial charge in [0.2, 0.25) is 5.89 Å². The highest BCUT2D eigenvalue weighted by Gasteiger charge is 2.31. The molecular formula is C17H10F3NO4. The molecule has 3 aromatic rings. The monoisotopic (exact) mass is 349 g/mol. The number of rotatable bonds is 4. The van der Waals surface area contributed by atoms with E-state index in [2.05, 4.69) is 9.72 Å². The van der Waals surface area contributed by atoms with Crippen LogP contribution in [0.5, 0.6) is 5.75 Å². The van der Waals surface area contributed by atoms with Crippen molar-refractivity contribution in [2.45, 2.75) is 6.36 Å². The number of hydrogen-bond donors (Lipinski definition) is 1. The lowest BCUT2D eigenvalue weighted by Crippen LogP contribution is -2.16. The number of carboxylic acids is 1. The quantitative estimate of drug-likeness (QED) is 0.745. The minimum absolute atomic E-state index is 0.135. The van der Waals surface area contributed by atoms with Crippen molar-refractivity contribution in [3.63, 3.8) is 0 Å². The second-order valence-electron chi connectivity index (χ2n) is 4.98. The topological polar surface area (TPSA) is 72.6 Å². The first kappa shape index (κ1) is 16.6. The molecule has 1 aromatic heterocycles. The van der Waals surface area contributed by atoms with Crippen LogP contribution in [0.25, 0.3) is 22.8 Å². The summed E-state index contributed by atoms with van der Waals surface area (Å²) in [5.74, 6) is -0.750. The second kappa shape index (κ2) is 6.31. The van der Waals surface area contributed by atoms with Gasteiger partial charge in [0.25, 0.3) is 0 Å². The molecule has 0 unspecified atom stereocenters. The number of hydrogen-bond acceptors (Lipinski definition) is 4. The summed E-state index contributed by atoms with van der Waals surface area (Å²) in [6.45, 7) is 0. The maximum Gasteiger partial charge on any atom is 0.573 e. The number of halogens is 3. The molecule has 0 aliphatic rings. The van der Waals surface area contributed by atoms with Crippen molar-refractivity contribution < 1.29 is 32.2 Å². The molecule has 5 nitrogen and oxygen atoms in total. The second-order valence-corrected chi connectivity index (χ2v) is 4.98. The Kier molecular flexibility index (Phi) is 4.18. The number of nitrogens with zero attached hydrogens (tertiary/aromatic N) is 1. The van der Waals surface area contributed by atoms with Crippen molar-refractivity contribution >= 4 is 5.97 Å². The molecule has 3 rings (SSSR count). The van der Waals surface area contributed by atoms with Crippen LogP contribution in [0.15, 0.2) is 59.1 Å². The molecule has 2 aromatic carbocycles. The molecule has 8 heteroatoms. The van der Waals surface area contributed by atoms with E-state index in [1.807, 2.05) is 0 Å². The van der Waals surface area contributed by atoms with Gasteiger partial charge in [0.1, 0.15) is 5.75 Å². The minimum Gasteiger partial charge on any atom is -0.478 e. The number of carbonyl (C=O) groups is 1. The van der Waals surface area contributed by atoms with Crippen molar-refractivity contribution in [1.82, 2.24) is 4.98 Å². The fourth-order valence-electron chi connectivity index (χ4n) is 2.12. The fourth-order valence-corrected chi connectivity index (χ4v) is 2.12. The van der Waals surface area contributed by atoms with Gasteiger partial charge in [0, 0.05) is 11.1 Å². The van der Waals surface area contributed by atoms with Crippen LogP contribution >= 0.6 is 0 Å². The summed E-state index contributed by atoms with van der Waals surface area (Å²) in [6, 6.07) is 11.1. The standard InChI is InChI=1S/C17H10F3NO4/c18-17(19,20)25-13-7-5-10(6-8-13)14-9-21-15(24-14)11-1-3-12(4-2-11)16(22)23/h1-9H,(H,22,23). The van der Waals surface area contributed by atoms with Crippen LogP contribution in [-0.4, -0.2) is 22.4 Å². The highest BCUT2D eigenvalue weighted by atomic mass is 19.4. The lowest BCUT2D eigenvalue weighted by molar-refractivity contribution is -0.274. The third-order valence-electron chi connectivity index (χ3n) is 3.26. The Morgan fingerprint density at radius 2 is 1.60 bits per heavy atom. The van der Waals surface area contributed by atoms with Crippen molar-refractivity contribution in [1.29, 1.82) is 0 Å². The number of carboxylic acid groups (broad SMARTS) is 1. The molecule has 25 heavy (non-hydrogen) atoms. The summed E-state index contributed by atoms with van der Waals surface area (Å²) >= 11 is 0. The molecule has 0 saturated heterocycles. The zero-order valence-electron chi connectivity index (χ0n) is 12.4. The summed E-state index contributed by atoms with van der Waals surface area (Å²) in [6.07, 6.45) is -3.32. The highest BCUT2D eigenvalue weighted by molar-refractivity contribution is 5.88. The van der Waals surface area contributed by atoms with Crippen molar-refractivity contribution in [3.8, 4) is 28.5 Å². The van der Waals surface area contributed by atoms with Crippen LogP contribution < -0.4 is 4.74 Å². The average molecular weight is 349 g/mol. The van der Waals surface area contributed by atoms with Crippen LogP contribution in [0.3, 0.4) is 0 Å². The molecule has 1 N–H and O–H groups in total. The van der Waals surface area contributed by atoms with E-state index in [-0.39, 0.29) is 17.2 Å². The normalized spacial score (nSPS) is 11.3. The molecule has 0 amide bonds. The molecule has 0 bridgehead atoms. The number of aromatic nitrogens is 1. The third-order valence-corrected chi connectivity index (χ3v) is 3.26. The van der Waals surface area contributed by atoms with Crippen LogP contribution in [0.1, 0.15) is 10.4 Å². The van der Waals surface area contributed by atoms with Gasteiger partial charge in [0.15, 0.2) is 5.76 Å². The predicted octanol–water partition coefficient (Wildman–Crippen LogP) is 4.61. The van der Waals surface area contributed by atoms with E-state index in [9.17, 15) is 18.0 Å². The van der Waals surface area contributed by atoms with E-state index in [1.165, 1.54) is 42.6 Å². The number of oxazole rings is 1. The van der Waals surface area contributed by atoms with Gasteiger partial charge >= 0.3 is 12.3 Å². The first-order valence-corrected chi connectivity index (χ1v) is 6.97. The molecule has 0 saturated carbocycles. The van der Waals surface area contributed by atoms with Gasteiger partial charge in [-0.1, -0.05) is 0 Å². The smallest absolute Gasteiger partial charge is 0.478 e. The third kappa shape index (κ3) is 3.97. The van der Waals surface area contributed by atoms with Crippen molar-refractivity contribution in [2.24, 2.45) is 0 Å². The Morgan fingerprint density at radius 1 is 1.00 bits per heavy atom. The zero-order chi connectivity index (χ0) is 18.0. The Morgan fingerprint density at radius 3 is 2.16 bits per heavy atom. The molecule has 0 aliphatic heterocycles. The Hall–Kier alpha value is -3.29. The maximum absolute atomic E-state index is 12.1. The molecule has 0 atom stereocenters. The summed E-state index contributed by atoms with van der Waals surface area (Å²) < 4.78 is 45.8. The van der Waals surface area contributed by atoms with Crippen LogP contribution in [0.2, 0.25) is 0 Å². The summed E-state index contributed by atoms with van der Waals surface area (Å²) in [5, 5.41) is 8.87. The minimum atomic E-state index is -4.75. The molecule has 0 spiro atoms. The average Bonchev–Trinajstić information content (AvgIpc) is 3.04. The molecular weight excluding hydrogens is 339 g/mol. The molecule has 0 radical (unpaired) electrons. The Bertz CT molecular complexity index is 884. The maximum atomic E-state index is 12.1. The summed E-state index contributed by atoms with van der Waals surface area (Å²) in [4.78, 5) is 14.9. The Balaban J connectivity index is 1.80. The van der Waals surface area contributed by atoms with Gasteiger partial charge in [-0.15, -0.1) is 13.2 Å². The molecule has 1 heterocycles. The van der Waals surface area contributed by atoms with E-state index < -0.39 is 12.3 Å². The number of benzene rings is 2. The Labute approximate surface area is 139 Å². The van der Waals surface area contributed by atoms with Crippen molar-refractivity contribution in [3.05, 3.63) is 60.3 Å². The number of ether oxygens (including phenoxy) is 1. The lowest BCUT2D eigenvalue weighted by atomic mass is 10.1. The van der Waals surface area contributed by atoms with Crippen LogP contribution in [0, 0.1) is 0 Å². The van der Waals surface area contributed by atoms with Crippen molar-refractivity contribution in [2.75, 3.05) is 0 Å². The van der Waals surface area contributed by atoms with Gasteiger partial charge in [-0.2, -0.15) is 0 Å². The van der Waals surface area contributed by atoms with E-state index in [4.69, 9.17) is 9.52 Å². The summed E-state index contributed by atoms with van der Waals surface area (Å²) in [5.41, 5.74) is 1.24. The van der Waals surface area contributed by atoms with Crippen LogP contribution in [-0.2, 0) is 0 Å². The predicted molar refractivity (Wildman–Crippen MR) is 81.0 cm³/mol. The largest absolute Gasteiger partial charge is 0.573 e. The van der Waals surface area contributed by atoms with E-state index in [0.717, 1.165) is 0 Å². The fraction of sp³-hybridized carbons (Fsp3) is 0.0588. The van der Waals surface area contributed by atoms with Gasteiger partial charge in [-0.05, 0) is 48.5 Å². The van der Waals surface area contributed by atoms with E-state index in [0.29, 0.717) is 16.9 Å². The van der Waals surface area contributed by atoms with Gasteiger partial charge in [-0.3, -0.25) is 0 Å². The first-order valence-electron chi connectivity index (χ1n) is 6.97. The number of alkyl halides is 3. The van der Waals surface area contributed by atoms with Gasteiger partial charge < -0.3 is 14.3 Å². The first-order chi connectivity index (χ1) is 11.8. The van der Waals surface area contributed by atoms with Gasteiger partial charge in [-0.25, -0.2) is 9.78 Å². The van der Waals surface area contributed by atoms with Crippen LogP contribution in [0.4, 0.5) is 13.2 Å². The molecule has 0 fully saturated rings. The summed E-state index contributed by atoms with van der Waals surface area (Å²) in [7, 11) is 0. The van der Waals surface area contributed by atoms with Gasteiger partial charge in [0.05, 0.1) is 11.8 Å². The van der Waals surface area contributed by atoms with E-state index in [1.54, 1.807) is 12.1 Å².